The van der Waals surface area contributed by atoms with E-state index in [1.807, 2.05) is 19.2 Å². The molecule has 0 spiro atoms. The Labute approximate surface area is 275 Å². The van der Waals surface area contributed by atoms with E-state index < -0.39 is 6.09 Å². The molecular formula is C36H45N7O4. The van der Waals surface area contributed by atoms with Crippen LogP contribution in [0.15, 0.2) is 48.7 Å². The number of aromatic nitrogens is 4. The summed E-state index contributed by atoms with van der Waals surface area (Å²) < 4.78 is 10.9. The minimum absolute atomic E-state index is 0.137. The van der Waals surface area contributed by atoms with Crippen molar-refractivity contribution in [1.82, 2.24) is 35.5 Å². The number of carbonyl (C=O) groups is 2. The summed E-state index contributed by atoms with van der Waals surface area (Å²) in [7, 11) is 1.27. The summed E-state index contributed by atoms with van der Waals surface area (Å²) in [4.78, 5) is 42.1. The molecule has 0 atom stereocenters. The molecule has 3 aromatic carbocycles. The number of alkyl carbamates (subject to hydrolysis) is 1. The lowest BCUT2D eigenvalue weighted by Crippen LogP contribution is -2.40. The first-order valence-corrected chi connectivity index (χ1v) is 16.4. The average Bonchev–Trinajstić information content (AvgIpc) is 3.73. The zero-order valence-electron chi connectivity index (χ0n) is 28.0. The number of amides is 2. The number of nitrogens with zero attached hydrogens (tertiary/aromatic N) is 3. The number of fused-ring (bicyclic) bond motifs is 6. The number of hydrogen-bond acceptors (Lipinski definition) is 7. The van der Waals surface area contributed by atoms with Gasteiger partial charge in [0, 0.05) is 17.5 Å². The third-order valence-corrected chi connectivity index (χ3v) is 7.81. The Kier molecular flexibility index (Phi) is 11.1. The Morgan fingerprint density at radius 3 is 2.60 bits per heavy atom. The van der Waals surface area contributed by atoms with Gasteiger partial charge in [-0.25, -0.2) is 14.8 Å². The number of hydrogen-bond donors (Lipinski definition) is 4. The van der Waals surface area contributed by atoms with Crippen LogP contribution in [0.25, 0.3) is 44.2 Å². The van der Waals surface area contributed by atoms with E-state index >= 15 is 0 Å². The van der Waals surface area contributed by atoms with Gasteiger partial charge in [-0.15, -0.1) is 0 Å². The van der Waals surface area contributed by atoms with Crippen molar-refractivity contribution < 1.29 is 19.1 Å². The number of ether oxygens (including phenoxy) is 2. The zero-order valence-corrected chi connectivity index (χ0v) is 28.0. The van der Waals surface area contributed by atoms with Crippen LogP contribution in [-0.4, -0.2) is 63.6 Å². The zero-order chi connectivity index (χ0) is 33.3. The molecule has 0 saturated heterocycles. The first-order chi connectivity index (χ1) is 22.9. The Morgan fingerprint density at radius 1 is 1.00 bits per heavy atom. The molecule has 6 rings (SSSR count). The predicted molar refractivity (Wildman–Crippen MR) is 185 cm³/mol. The molecule has 3 heterocycles. The van der Waals surface area contributed by atoms with Crippen LogP contribution in [0.2, 0.25) is 0 Å². The molecule has 2 amide bonds. The van der Waals surface area contributed by atoms with Crippen molar-refractivity contribution in [3.05, 3.63) is 65.9 Å². The molecular weight excluding hydrogens is 594 g/mol. The molecule has 4 N–H and O–H groups in total. The lowest BCUT2D eigenvalue weighted by molar-refractivity contribution is -0.130. The molecule has 1 aliphatic heterocycles. The third-order valence-electron chi connectivity index (χ3n) is 7.81. The van der Waals surface area contributed by atoms with E-state index in [9.17, 15) is 9.59 Å². The van der Waals surface area contributed by atoms with Crippen molar-refractivity contribution in [2.75, 3.05) is 26.7 Å². The lowest BCUT2D eigenvalue weighted by atomic mass is 9.92. The molecule has 1 aliphatic rings. The van der Waals surface area contributed by atoms with Gasteiger partial charge in [0.15, 0.2) is 0 Å². The number of carbonyl (C=O) groups excluding carboxylic acids is 2. The van der Waals surface area contributed by atoms with Gasteiger partial charge in [0.1, 0.15) is 30.5 Å². The quantitative estimate of drug-likeness (QED) is 0.118. The summed E-state index contributed by atoms with van der Waals surface area (Å²) >= 11 is 0. The van der Waals surface area contributed by atoms with E-state index in [0.717, 1.165) is 87.3 Å². The molecule has 0 bridgehead atoms. The smallest absolute Gasteiger partial charge is 0.407 e. The summed E-state index contributed by atoms with van der Waals surface area (Å²) in [6.07, 6.45) is 4.36. The Hall–Kier alpha value is -4.90. The number of aromatic amines is 2. The van der Waals surface area contributed by atoms with Crippen molar-refractivity contribution in [3.8, 4) is 28.1 Å². The fraction of sp³-hybridized carbons (Fsp3) is 0.389. The van der Waals surface area contributed by atoms with Crippen molar-refractivity contribution in [1.29, 1.82) is 0 Å². The second-order valence-electron chi connectivity index (χ2n) is 11.7. The van der Waals surface area contributed by atoms with Gasteiger partial charge >= 0.3 is 6.09 Å². The van der Waals surface area contributed by atoms with E-state index in [2.05, 4.69) is 87.5 Å². The molecule has 11 nitrogen and oxygen atoms in total. The van der Waals surface area contributed by atoms with E-state index in [1.165, 1.54) is 13.5 Å². The molecule has 5 aromatic rings. The maximum Gasteiger partial charge on any atom is 0.407 e. The van der Waals surface area contributed by atoms with Gasteiger partial charge in [-0.3, -0.25) is 4.79 Å². The van der Waals surface area contributed by atoms with Crippen molar-refractivity contribution in [3.63, 3.8) is 0 Å². The Balaban J connectivity index is 0.00000139. The average molecular weight is 640 g/mol. The van der Waals surface area contributed by atoms with Crippen LogP contribution in [0.5, 0.6) is 5.75 Å². The topological polar surface area (TPSA) is 137 Å². The monoisotopic (exact) mass is 639 g/mol. The minimum Gasteiger partial charge on any atom is -0.488 e. The second kappa shape index (κ2) is 15.6. The van der Waals surface area contributed by atoms with Crippen LogP contribution >= 0.6 is 0 Å². The van der Waals surface area contributed by atoms with Crippen molar-refractivity contribution in [2.24, 2.45) is 0 Å². The molecule has 0 saturated carbocycles. The van der Waals surface area contributed by atoms with Gasteiger partial charge in [-0.05, 0) is 65.7 Å². The third kappa shape index (κ3) is 7.74. The molecule has 0 fully saturated rings. The van der Waals surface area contributed by atoms with Crippen LogP contribution in [-0.2, 0) is 29.2 Å². The van der Waals surface area contributed by atoms with Crippen LogP contribution in [0.3, 0.4) is 0 Å². The summed E-state index contributed by atoms with van der Waals surface area (Å²) in [6, 6.07) is 14.8. The molecule has 11 heteroatoms. The van der Waals surface area contributed by atoms with E-state index in [-0.39, 0.29) is 12.5 Å². The summed E-state index contributed by atoms with van der Waals surface area (Å²) in [6.45, 7) is 11.3. The van der Waals surface area contributed by atoms with Gasteiger partial charge in [0.05, 0.1) is 43.1 Å². The number of benzene rings is 3. The van der Waals surface area contributed by atoms with Crippen LogP contribution in [0.4, 0.5) is 4.79 Å². The van der Waals surface area contributed by atoms with Gasteiger partial charge in [-0.2, -0.15) is 0 Å². The van der Waals surface area contributed by atoms with Crippen molar-refractivity contribution in [2.45, 2.75) is 66.7 Å². The summed E-state index contributed by atoms with van der Waals surface area (Å²) in [5.74, 6) is 2.21. The van der Waals surface area contributed by atoms with E-state index in [1.54, 1.807) is 4.90 Å². The lowest BCUT2D eigenvalue weighted by Gasteiger charge is -2.22. The van der Waals surface area contributed by atoms with Crippen LogP contribution in [0, 0.1) is 0 Å². The second-order valence-corrected chi connectivity index (χ2v) is 11.7. The van der Waals surface area contributed by atoms with E-state index in [0.29, 0.717) is 25.5 Å². The summed E-state index contributed by atoms with van der Waals surface area (Å²) in [5, 5.41) is 7.87. The maximum atomic E-state index is 12.8. The normalized spacial score (nSPS) is 11.7. The Bertz CT molecular complexity index is 1840. The minimum atomic E-state index is -0.638. The van der Waals surface area contributed by atoms with Crippen LogP contribution in [0.1, 0.15) is 64.2 Å². The van der Waals surface area contributed by atoms with Gasteiger partial charge in [-0.1, -0.05) is 52.3 Å². The van der Waals surface area contributed by atoms with Crippen LogP contribution < -0.4 is 15.4 Å². The van der Waals surface area contributed by atoms with Crippen molar-refractivity contribution >= 4 is 33.8 Å². The first kappa shape index (κ1) is 33.5. The number of rotatable bonds is 11. The molecule has 0 radical (unpaired) electrons. The standard InChI is InChI=1S/C33H37N7O4.C3H8/c1-4-10-34-16-29-35-15-27(38-29)21-6-8-23-22(12-21)19-44-28-14-24-20(13-25(23)28)7-9-26-32(24)39-30(37-26)18-40(11-5-2)31(41)17-36-33(42)43-3;1-3-2/h6-9,12-15,34H,4-5,10-11,16-19H2,1-3H3,(H,35,38)(H,36,42)(H,37,39);3H2,1-2H3. The van der Waals surface area contributed by atoms with Gasteiger partial charge in [0.2, 0.25) is 5.91 Å². The number of methoxy groups -OCH3 is 1. The molecule has 47 heavy (non-hydrogen) atoms. The molecule has 248 valence electrons. The highest BCUT2D eigenvalue weighted by Crippen LogP contribution is 2.42. The highest BCUT2D eigenvalue weighted by atomic mass is 16.5. The SMILES string of the molecule is CCC.CCCNCc1ncc(-c2ccc3c(c2)COc2cc4c(ccc5[nH]c(CN(CCC)C(=O)CNC(=O)OC)nc54)cc2-3)[nH]1. The summed E-state index contributed by atoms with van der Waals surface area (Å²) in [5.41, 5.74) is 7.10. The largest absolute Gasteiger partial charge is 0.488 e. The highest BCUT2D eigenvalue weighted by Gasteiger charge is 2.21. The molecule has 0 unspecified atom stereocenters. The number of imidazole rings is 2. The van der Waals surface area contributed by atoms with E-state index in [4.69, 9.17) is 9.72 Å². The highest BCUT2D eigenvalue weighted by molar-refractivity contribution is 6.07. The van der Waals surface area contributed by atoms with Gasteiger partial charge < -0.3 is 35.0 Å². The van der Waals surface area contributed by atoms with Gasteiger partial charge in [0.25, 0.3) is 0 Å². The first-order valence-electron chi connectivity index (χ1n) is 16.4. The Morgan fingerprint density at radius 2 is 1.83 bits per heavy atom. The maximum absolute atomic E-state index is 12.8. The fourth-order valence-electron chi connectivity index (χ4n) is 5.64. The molecule has 0 aliphatic carbocycles. The number of H-pyrrole nitrogens is 2. The fourth-order valence-corrected chi connectivity index (χ4v) is 5.64. The molecule has 2 aromatic heterocycles. The predicted octanol–water partition coefficient (Wildman–Crippen LogP) is 6.68. The number of nitrogens with one attached hydrogen (secondary N) is 4.